The quantitative estimate of drug-likeness (QED) is 0.826. The van der Waals surface area contributed by atoms with Gasteiger partial charge < -0.3 is 14.2 Å². The van der Waals surface area contributed by atoms with Crippen molar-refractivity contribution in [1.82, 2.24) is 20.0 Å². The van der Waals surface area contributed by atoms with E-state index in [1.54, 1.807) is 19.3 Å². The van der Waals surface area contributed by atoms with Gasteiger partial charge in [-0.1, -0.05) is 12.1 Å². The number of ether oxygens (including phenoxy) is 1. The lowest BCUT2D eigenvalue weighted by atomic mass is 10.0. The second-order valence-electron chi connectivity index (χ2n) is 6.27. The second kappa shape index (κ2) is 7.74. The minimum atomic E-state index is -0.0141. The molecule has 25 heavy (non-hydrogen) atoms. The number of nitrogens with zero attached hydrogens (tertiary/aromatic N) is 4. The fraction of sp³-hybridized carbons (Fsp3) is 0.556. The first-order valence-electron chi connectivity index (χ1n) is 8.72. The Hall–Kier alpha value is -2.28. The lowest BCUT2D eigenvalue weighted by Crippen LogP contribution is -2.49. The topological polar surface area (TPSA) is 81.4 Å². The molecular weight excluding hydrogens is 320 g/mol. The average molecular weight is 344 g/mol. The van der Waals surface area contributed by atoms with Gasteiger partial charge in [0.1, 0.15) is 11.3 Å². The van der Waals surface area contributed by atoms with Crippen LogP contribution in [0.5, 0.6) is 0 Å². The monoisotopic (exact) mass is 344 g/mol. The molecule has 1 saturated heterocycles. The van der Waals surface area contributed by atoms with Gasteiger partial charge in [0.05, 0.1) is 36.3 Å². The van der Waals surface area contributed by atoms with Crippen LogP contribution in [-0.2, 0) is 17.6 Å². The number of morpholine rings is 1. The zero-order valence-corrected chi connectivity index (χ0v) is 15.0. The van der Waals surface area contributed by atoms with Crippen molar-refractivity contribution in [3.05, 3.63) is 40.8 Å². The number of aromatic nitrogens is 3. The Balaban J connectivity index is 1.75. The van der Waals surface area contributed by atoms with Crippen LogP contribution in [0, 0.1) is 13.8 Å². The smallest absolute Gasteiger partial charge is 0.259 e. The Morgan fingerprint density at radius 1 is 1.28 bits per heavy atom. The van der Waals surface area contributed by atoms with Gasteiger partial charge in [0, 0.05) is 18.9 Å². The molecule has 0 N–H and O–H groups in total. The number of amides is 1. The Labute approximate surface area is 147 Å². The van der Waals surface area contributed by atoms with Crippen molar-refractivity contribution in [3.63, 3.8) is 0 Å². The molecule has 1 unspecified atom stereocenters. The van der Waals surface area contributed by atoms with Crippen molar-refractivity contribution in [2.24, 2.45) is 0 Å². The number of carbonyl (C=O) groups is 1. The zero-order chi connectivity index (χ0) is 17.8. The molecule has 2 aromatic heterocycles. The van der Waals surface area contributed by atoms with E-state index in [1.165, 1.54) is 0 Å². The summed E-state index contributed by atoms with van der Waals surface area (Å²) in [5, 5.41) is 4.01. The largest absolute Gasteiger partial charge is 0.377 e. The summed E-state index contributed by atoms with van der Waals surface area (Å²) in [6, 6.07) is 0.0154. The third-order valence-electron chi connectivity index (χ3n) is 4.67. The summed E-state index contributed by atoms with van der Waals surface area (Å²) >= 11 is 0. The van der Waals surface area contributed by atoms with Crippen LogP contribution in [0.15, 0.2) is 16.9 Å². The van der Waals surface area contributed by atoms with E-state index >= 15 is 0 Å². The molecule has 1 amide bonds. The van der Waals surface area contributed by atoms with Crippen molar-refractivity contribution in [1.29, 1.82) is 0 Å². The van der Waals surface area contributed by atoms with Crippen LogP contribution in [0.3, 0.4) is 0 Å². The number of hydrogen-bond donors (Lipinski definition) is 0. The number of hydrogen-bond acceptors (Lipinski definition) is 6. The molecule has 7 nitrogen and oxygen atoms in total. The van der Waals surface area contributed by atoms with Crippen LogP contribution >= 0.6 is 0 Å². The highest BCUT2D eigenvalue weighted by Gasteiger charge is 2.31. The molecule has 1 atom stereocenters. The van der Waals surface area contributed by atoms with Gasteiger partial charge in [-0.05, 0) is 33.1 Å². The highest BCUT2D eigenvalue weighted by atomic mass is 16.5. The van der Waals surface area contributed by atoms with Crippen LogP contribution in [-0.4, -0.2) is 51.7 Å². The molecule has 1 aliphatic rings. The molecule has 7 heteroatoms. The standard InChI is InChI=1S/C18H24N4O3/c1-4-15-17(13(3)25-21-15)18(23)22-9-10-24-11-14(22)5-6-16-12(2)19-7-8-20-16/h7-8,14H,4-6,9-11H2,1-3H3. The van der Waals surface area contributed by atoms with Gasteiger partial charge >= 0.3 is 0 Å². The summed E-state index contributed by atoms with van der Waals surface area (Å²) in [5.74, 6) is 0.566. The molecule has 2 aromatic rings. The summed E-state index contributed by atoms with van der Waals surface area (Å²) in [7, 11) is 0. The van der Waals surface area contributed by atoms with E-state index in [9.17, 15) is 4.79 Å². The van der Waals surface area contributed by atoms with E-state index in [0.717, 1.165) is 29.9 Å². The first-order chi connectivity index (χ1) is 12.1. The number of aryl methyl sites for hydroxylation is 4. The van der Waals surface area contributed by atoms with E-state index in [0.29, 0.717) is 37.5 Å². The van der Waals surface area contributed by atoms with Crippen LogP contribution < -0.4 is 0 Å². The van der Waals surface area contributed by atoms with E-state index in [2.05, 4.69) is 15.1 Å². The SMILES string of the molecule is CCc1noc(C)c1C(=O)N1CCOCC1CCc1nccnc1C. The van der Waals surface area contributed by atoms with E-state index < -0.39 is 0 Å². The van der Waals surface area contributed by atoms with Gasteiger partial charge in [0.2, 0.25) is 0 Å². The van der Waals surface area contributed by atoms with Crippen molar-refractivity contribution in [2.75, 3.05) is 19.8 Å². The fourth-order valence-electron chi connectivity index (χ4n) is 3.22. The molecule has 0 spiro atoms. The summed E-state index contributed by atoms with van der Waals surface area (Å²) in [6.45, 7) is 7.39. The number of rotatable bonds is 5. The van der Waals surface area contributed by atoms with Crippen LogP contribution in [0.1, 0.15) is 46.5 Å². The summed E-state index contributed by atoms with van der Waals surface area (Å²) in [4.78, 5) is 23.7. The predicted molar refractivity (Wildman–Crippen MR) is 91.4 cm³/mol. The van der Waals surface area contributed by atoms with Crippen molar-refractivity contribution in [2.45, 2.75) is 46.1 Å². The van der Waals surface area contributed by atoms with E-state index in [-0.39, 0.29) is 11.9 Å². The maximum Gasteiger partial charge on any atom is 0.259 e. The molecule has 0 aromatic carbocycles. The normalized spacial score (nSPS) is 17.7. The third kappa shape index (κ3) is 3.71. The lowest BCUT2D eigenvalue weighted by Gasteiger charge is -2.35. The Morgan fingerprint density at radius 3 is 2.84 bits per heavy atom. The van der Waals surface area contributed by atoms with Crippen LogP contribution in [0.4, 0.5) is 0 Å². The van der Waals surface area contributed by atoms with Gasteiger partial charge in [-0.2, -0.15) is 0 Å². The molecule has 0 radical (unpaired) electrons. The highest BCUT2D eigenvalue weighted by molar-refractivity contribution is 5.96. The predicted octanol–water partition coefficient (Wildman–Crippen LogP) is 2.12. The van der Waals surface area contributed by atoms with E-state index in [1.807, 2.05) is 18.7 Å². The molecule has 0 bridgehead atoms. The summed E-state index contributed by atoms with van der Waals surface area (Å²) in [6.07, 6.45) is 5.63. The summed E-state index contributed by atoms with van der Waals surface area (Å²) < 4.78 is 10.8. The average Bonchev–Trinajstić information content (AvgIpc) is 3.01. The van der Waals surface area contributed by atoms with E-state index in [4.69, 9.17) is 9.26 Å². The second-order valence-corrected chi connectivity index (χ2v) is 6.27. The maximum atomic E-state index is 13.1. The third-order valence-corrected chi connectivity index (χ3v) is 4.67. The molecule has 1 aliphatic heterocycles. The van der Waals surface area contributed by atoms with Crippen LogP contribution in [0.2, 0.25) is 0 Å². The first kappa shape index (κ1) is 17.5. The Kier molecular flexibility index (Phi) is 5.43. The van der Waals surface area contributed by atoms with Gasteiger partial charge in [0.15, 0.2) is 0 Å². The van der Waals surface area contributed by atoms with Gasteiger partial charge in [-0.15, -0.1) is 0 Å². The number of carbonyl (C=O) groups excluding carboxylic acids is 1. The first-order valence-corrected chi connectivity index (χ1v) is 8.72. The molecule has 0 aliphatic carbocycles. The zero-order valence-electron chi connectivity index (χ0n) is 15.0. The fourth-order valence-corrected chi connectivity index (χ4v) is 3.22. The minimum absolute atomic E-state index is 0.0141. The van der Waals surface area contributed by atoms with Crippen LogP contribution in [0.25, 0.3) is 0 Å². The maximum absolute atomic E-state index is 13.1. The molecule has 134 valence electrons. The highest BCUT2D eigenvalue weighted by Crippen LogP contribution is 2.21. The molecule has 0 saturated carbocycles. The van der Waals surface area contributed by atoms with Gasteiger partial charge in [0.25, 0.3) is 5.91 Å². The van der Waals surface area contributed by atoms with Crippen molar-refractivity contribution >= 4 is 5.91 Å². The summed E-state index contributed by atoms with van der Waals surface area (Å²) in [5.41, 5.74) is 3.22. The Morgan fingerprint density at radius 2 is 2.08 bits per heavy atom. The molecule has 3 heterocycles. The Bertz CT molecular complexity index is 744. The molecule has 3 rings (SSSR count). The minimum Gasteiger partial charge on any atom is -0.377 e. The lowest BCUT2D eigenvalue weighted by molar-refractivity contribution is -0.00427. The molecule has 1 fully saturated rings. The van der Waals surface area contributed by atoms with Gasteiger partial charge in [-0.3, -0.25) is 14.8 Å². The van der Waals surface area contributed by atoms with Gasteiger partial charge in [-0.25, -0.2) is 0 Å². The van der Waals surface area contributed by atoms with Crippen molar-refractivity contribution in [3.8, 4) is 0 Å². The van der Waals surface area contributed by atoms with Crippen molar-refractivity contribution < 1.29 is 14.1 Å². The molecular formula is C18H24N4O3.